The lowest BCUT2D eigenvalue weighted by molar-refractivity contribution is -0.116. The van der Waals surface area contributed by atoms with E-state index in [0.717, 1.165) is 22.2 Å². The normalized spacial score (nSPS) is 16.5. The number of hydrogen-bond donors (Lipinski definition) is 1. The van der Waals surface area contributed by atoms with Gasteiger partial charge in [-0.25, -0.2) is 4.98 Å². The van der Waals surface area contributed by atoms with Crippen LogP contribution in [0.5, 0.6) is 0 Å². The number of carbonyl (C=O) groups is 2. The van der Waals surface area contributed by atoms with Gasteiger partial charge in [0, 0.05) is 12.0 Å². The molecule has 1 aliphatic heterocycles. The number of amides is 1. The molecule has 5 heteroatoms. The molecule has 0 unspecified atom stereocenters. The number of likely N-dealkylation sites (tertiary alicyclic amines) is 1. The van der Waals surface area contributed by atoms with Gasteiger partial charge in [-0.3, -0.25) is 9.59 Å². The molecule has 3 aromatic carbocycles. The quantitative estimate of drug-likeness (QED) is 0.572. The monoisotopic (exact) mass is 381 g/mol. The Labute approximate surface area is 168 Å². The van der Waals surface area contributed by atoms with Gasteiger partial charge in [-0.05, 0) is 35.4 Å². The molecule has 0 radical (unpaired) electrons. The molecule has 4 aromatic rings. The molecule has 1 aliphatic rings. The Hall–Kier alpha value is -3.73. The summed E-state index contributed by atoms with van der Waals surface area (Å²) in [6.45, 7) is 0.112. The predicted molar refractivity (Wildman–Crippen MR) is 111 cm³/mol. The molecule has 1 amide bonds. The highest BCUT2D eigenvalue weighted by molar-refractivity contribution is 5.99. The summed E-state index contributed by atoms with van der Waals surface area (Å²) < 4.78 is 0. The van der Waals surface area contributed by atoms with E-state index in [0.29, 0.717) is 11.4 Å². The first-order chi connectivity index (χ1) is 14.2. The fourth-order valence-corrected chi connectivity index (χ4v) is 3.88. The maximum Gasteiger partial charge on any atom is 0.254 e. The van der Waals surface area contributed by atoms with Crippen LogP contribution in [0.25, 0.3) is 22.2 Å². The highest BCUT2D eigenvalue weighted by Gasteiger charge is 2.37. The number of aromatic nitrogens is 2. The molecule has 1 aromatic heterocycles. The first-order valence-corrected chi connectivity index (χ1v) is 9.62. The summed E-state index contributed by atoms with van der Waals surface area (Å²) in [6.07, 6.45) is 0.285. The van der Waals surface area contributed by atoms with Crippen molar-refractivity contribution in [2.24, 2.45) is 0 Å². The molecular weight excluding hydrogens is 362 g/mol. The predicted octanol–water partition coefficient (Wildman–Crippen LogP) is 4.39. The molecule has 0 spiro atoms. The maximum absolute atomic E-state index is 13.2. The van der Waals surface area contributed by atoms with Crippen LogP contribution >= 0.6 is 0 Å². The van der Waals surface area contributed by atoms with Crippen LogP contribution in [0, 0.1) is 0 Å². The zero-order chi connectivity index (χ0) is 19.8. The summed E-state index contributed by atoms with van der Waals surface area (Å²) in [4.78, 5) is 34.9. The number of nitrogens with zero attached hydrogens (tertiary/aromatic N) is 2. The summed E-state index contributed by atoms with van der Waals surface area (Å²) >= 11 is 0. The average Bonchev–Trinajstić information content (AvgIpc) is 3.37. The minimum Gasteiger partial charge on any atom is -0.340 e. The van der Waals surface area contributed by atoms with Crippen LogP contribution in [0.15, 0.2) is 78.9 Å². The number of hydrogen-bond acceptors (Lipinski definition) is 3. The fourth-order valence-electron chi connectivity index (χ4n) is 3.88. The molecule has 142 valence electrons. The van der Waals surface area contributed by atoms with E-state index in [4.69, 9.17) is 0 Å². The summed E-state index contributed by atoms with van der Waals surface area (Å²) in [5.41, 5.74) is 4.46. The van der Waals surface area contributed by atoms with Crippen LogP contribution in [0.2, 0.25) is 0 Å². The SMILES string of the molecule is O=C1C[C@@H](c2nc3ccccc3[nH]2)N(C(=O)c2ccc(-c3ccccc3)cc2)C1. The van der Waals surface area contributed by atoms with Gasteiger partial charge in [0.05, 0.1) is 23.6 Å². The Kier molecular flexibility index (Phi) is 4.21. The van der Waals surface area contributed by atoms with Crippen molar-refractivity contribution in [3.63, 3.8) is 0 Å². The lowest BCUT2D eigenvalue weighted by Gasteiger charge is -2.22. The molecule has 5 nitrogen and oxygen atoms in total. The summed E-state index contributed by atoms with van der Waals surface area (Å²) in [6, 6.07) is 24.9. The first-order valence-electron chi connectivity index (χ1n) is 9.62. The number of Topliss-reactive ketones (excluding diaryl/α,β-unsaturated/α-hetero) is 1. The maximum atomic E-state index is 13.2. The van der Waals surface area contributed by atoms with Crippen molar-refractivity contribution in [1.29, 1.82) is 0 Å². The van der Waals surface area contributed by atoms with Crippen molar-refractivity contribution in [2.45, 2.75) is 12.5 Å². The van der Waals surface area contributed by atoms with Gasteiger partial charge in [0.25, 0.3) is 5.91 Å². The number of carbonyl (C=O) groups excluding carboxylic acids is 2. The van der Waals surface area contributed by atoms with Gasteiger partial charge in [-0.15, -0.1) is 0 Å². The van der Waals surface area contributed by atoms with Gasteiger partial charge < -0.3 is 9.88 Å². The number of benzene rings is 3. The molecule has 0 bridgehead atoms. The third-order valence-corrected chi connectivity index (χ3v) is 5.37. The molecule has 0 aliphatic carbocycles. The van der Waals surface area contributed by atoms with E-state index in [1.165, 1.54) is 0 Å². The second-order valence-corrected chi connectivity index (χ2v) is 7.27. The van der Waals surface area contributed by atoms with E-state index >= 15 is 0 Å². The largest absolute Gasteiger partial charge is 0.340 e. The Morgan fingerprint density at radius 1 is 0.897 bits per heavy atom. The number of imidazole rings is 1. The number of rotatable bonds is 3. The number of H-pyrrole nitrogens is 1. The highest BCUT2D eigenvalue weighted by Crippen LogP contribution is 2.31. The number of ketones is 1. The first kappa shape index (κ1) is 17.4. The molecule has 1 atom stereocenters. The van der Waals surface area contributed by atoms with Gasteiger partial charge >= 0.3 is 0 Å². The Morgan fingerprint density at radius 3 is 2.34 bits per heavy atom. The molecule has 1 saturated heterocycles. The Balaban J connectivity index is 1.43. The fraction of sp³-hybridized carbons (Fsp3) is 0.125. The summed E-state index contributed by atoms with van der Waals surface area (Å²) in [5, 5.41) is 0. The molecular formula is C24H19N3O2. The smallest absolute Gasteiger partial charge is 0.254 e. The van der Waals surface area contributed by atoms with Crippen LogP contribution in [0.1, 0.15) is 28.6 Å². The highest BCUT2D eigenvalue weighted by atomic mass is 16.2. The average molecular weight is 381 g/mol. The van der Waals surface area contributed by atoms with Crippen molar-refractivity contribution in [1.82, 2.24) is 14.9 Å². The summed E-state index contributed by atoms with van der Waals surface area (Å²) in [5.74, 6) is 0.553. The molecule has 1 fully saturated rings. The van der Waals surface area contributed by atoms with Crippen molar-refractivity contribution < 1.29 is 9.59 Å². The minimum absolute atomic E-state index is 0.0460. The molecule has 5 rings (SSSR count). The van der Waals surface area contributed by atoms with E-state index in [9.17, 15) is 9.59 Å². The van der Waals surface area contributed by atoms with E-state index in [1.54, 1.807) is 4.90 Å². The zero-order valence-corrected chi connectivity index (χ0v) is 15.7. The van der Waals surface area contributed by atoms with Crippen molar-refractivity contribution in [3.8, 4) is 11.1 Å². The third-order valence-electron chi connectivity index (χ3n) is 5.37. The van der Waals surface area contributed by atoms with Crippen LogP contribution in [-0.4, -0.2) is 33.1 Å². The van der Waals surface area contributed by atoms with Gasteiger partial charge in [-0.1, -0.05) is 54.6 Å². The van der Waals surface area contributed by atoms with E-state index in [2.05, 4.69) is 9.97 Å². The van der Waals surface area contributed by atoms with Crippen LogP contribution in [-0.2, 0) is 4.79 Å². The second-order valence-electron chi connectivity index (χ2n) is 7.27. The van der Waals surface area contributed by atoms with Crippen LogP contribution in [0.3, 0.4) is 0 Å². The zero-order valence-electron chi connectivity index (χ0n) is 15.7. The van der Waals surface area contributed by atoms with Crippen molar-refractivity contribution in [2.75, 3.05) is 6.54 Å². The standard InChI is InChI=1S/C24H19N3O2/c28-19-14-22(23-25-20-8-4-5-9-21(20)26-23)27(15-19)24(29)18-12-10-17(11-13-18)16-6-2-1-3-7-16/h1-13,22H,14-15H2,(H,25,26)/t22-/m0/s1. The molecule has 2 heterocycles. The molecule has 1 N–H and O–H groups in total. The topological polar surface area (TPSA) is 66.1 Å². The lowest BCUT2D eigenvalue weighted by atomic mass is 10.0. The Bertz CT molecular complexity index is 1160. The molecule has 29 heavy (non-hydrogen) atoms. The van der Waals surface area contributed by atoms with Gasteiger partial charge in [0.2, 0.25) is 0 Å². The third kappa shape index (κ3) is 3.21. The number of nitrogens with one attached hydrogen (secondary N) is 1. The number of fused-ring (bicyclic) bond motifs is 1. The number of para-hydroxylation sites is 2. The van der Waals surface area contributed by atoms with Crippen LogP contribution in [0.4, 0.5) is 0 Å². The van der Waals surface area contributed by atoms with Crippen molar-refractivity contribution in [3.05, 3.63) is 90.3 Å². The van der Waals surface area contributed by atoms with Gasteiger partial charge in [-0.2, -0.15) is 0 Å². The van der Waals surface area contributed by atoms with E-state index < -0.39 is 0 Å². The molecule has 0 saturated carbocycles. The van der Waals surface area contributed by atoms with E-state index in [-0.39, 0.29) is 30.7 Å². The number of aromatic amines is 1. The Morgan fingerprint density at radius 2 is 1.59 bits per heavy atom. The second kappa shape index (κ2) is 7.02. The lowest BCUT2D eigenvalue weighted by Crippen LogP contribution is -2.31. The van der Waals surface area contributed by atoms with E-state index in [1.807, 2.05) is 78.9 Å². The summed E-state index contributed by atoms with van der Waals surface area (Å²) in [7, 11) is 0. The van der Waals surface area contributed by atoms with Gasteiger partial charge in [0.15, 0.2) is 5.78 Å². The van der Waals surface area contributed by atoms with Crippen molar-refractivity contribution >= 4 is 22.7 Å². The van der Waals surface area contributed by atoms with Crippen LogP contribution < -0.4 is 0 Å². The minimum atomic E-state index is -0.365. The van der Waals surface area contributed by atoms with Gasteiger partial charge in [0.1, 0.15) is 5.82 Å².